The molecule has 0 radical (unpaired) electrons. The molecule has 21 heavy (non-hydrogen) atoms. The molecular weight excluding hydrogens is 373 g/mol. The lowest BCUT2D eigenvalue weighted by atomic mass is 9.73. The van der Waals surface area contributed by atoms with Crippen LogP contribution in [0.3, 0.4) is 0 Å². The van der Waals surface area contributed by atoms with Crippen LogP contribution in [0.15, 0.2) is 4.99 Å². The van der Waals surface area contributed by atoms with E-state index in [1.54, 1.807) is 0 Å². The highest BCUT2D eigenvalue weighted by molar-refractivity contribution is 14.0. The number of hydrogen-bond acceptors (Lipinski definition) is 1. The second kappa shape index (κ2) is 8.02. The highest BCUT2D eigenvalue weighted by Gasteiger charge is 2.39. The Hall–Kier alpha value is 0. The van der Waals surface area contributed by atoms with E-state index in [0.717, 1.165) is 18.4 Å². The largest absolute Gasteiger partial charge is 0.356 e. The standard InChI is InChI=1S/C17H31N3.HI/c1-18-16(19-12-5-6-15-7-8-15)20-13-11-17(14-20)9-3-2-4-10-17;/h15H,2-14H2,1H3,(H,18,19);1H. The van der Waals surface area contributed by atoms with Crippen molar-refractivity contribution in [3.05, 3.63) is 0 Å². The molecule has 1 saturated heterocycles. The molecule has 1 N–H and O–H groups in total. The van der Waals surface area contributed by atoms with Crippen LogP contribution in [0.2, 0.25) is 0 Å². The second-order valence-corrected chi connectivity index (χ2v) is 7.29. The minimum absolute atomic E-state index is 0. The van der Waals surface area contributed by atoms with Crippen LogP contribution in [-0.4, -0.2) is 37.5 Å². The molecule has 122 valence electrons. The van der Waals surface area contributed by atoms with Crippen LogP contribution in [0.4, 0.5) is 0 Å². The average molecular weight is 405 g/mol. The van der Waals surface area contributed by atoms with Gasteiger partial charge in [-0.05, 0) is 43.4 Å². The van der Waals surface area contributed by atoms with Gasteiger partial charge >= 0.3 is 0 Å². The van der Waals surface area contributed by atoms with E-state index in [9.17, 15) is 0 Å². The van der Waals surface area contributed by atoms with E-state index in [4.69, 9.17) is 0 Å². The van der Waals surface area contributed by atoms with Crippen molar-refractivity contribution in [2.75, 3.05) is 26.7 Å². The molecular formula is C17H32IN3. The summed E-state index contributed by atoms with van der Waals surface area (Å²) in [6.45, 7) is 3.56. The molecule has 2 saturated carbocycles. The molecule has 3 aliphatic rings. The number of aliphatic imine (C=N–C) groups is 1. The SMILES string of the molecule is CN=C(NCCCC1CC1)N1CCC2(CCCCC2)C1.I. The molecule has 0 aromatic heterocycles. The fourth-order valence-electron chi connectivity index (χ4n) is 4.16. The first kappa shape index (κ1) is 17.4. The Kier molecular flexibility index (Phi) is 6.63. The van der Waals surface area contributed by atoms with Gasteiger partial charge in [-0.1, -0.05) is 32.1 Å². The van der Waals surface area contributed by atoms with Gasteiger partial charge in [0.2, 0.25) is 0 Å². The maximum Gasteiger partial charge on any atom is 0.193 e. The third-order valence-corrected chi connectivity index (χ3v) is 5.63. The van der Waals surface area contributed by atoms with Gasteiger partial charge in [0.15, 0.2) is 5.96 Å². The molecule has 3 rings (SSSR count). The number of rotatable bonds is 4. The Labute approximate surface area is 147 Å². The lowest BCUT2D eigenvalue weighted by Crippen LogP contribution is -2.42. The smallest absolute Gasteiger partial charge is 0.193 e. The van der Waals surface area contributed by atoms with Crippen LogP contribution < -0.4 is 5.32 Å². The van der Waals surface area contributed by atoms with E-state index in [0.29, 0.717) is 5.41 Å². The third kappa shape index (κ3) is 4.73. The predicted octanol–water partition coefficient (Wildman–Crippen LogP) is 4.03. The summed E-state index contributed by atoms with van der Waals surface area (Å²) in [4.78, 5) is 7.03. The fraction of sp³-hybridized carbons (Fsp3) is 0.941. The zero-order valence-electron chi connectivity index (χ0n) is 13.6. The fourth-order valence-corrected chi connectivity index (χ4v) is 4.16. The van der Waals surface area contributed by atoms with Crippen molar-refractivity contribution in [3.63, 3.8) is 0 Å². The molecule has 4 heteroatoms. The average Bonchev–Trinajstić information content (AvgIpc) is 3.22. The van der Waals surface area contributed by atoms with Crippen molar-refractivity contribution in [1.29, 1.82) is 0 Å². The molecule has 0 aromatic rings. The summed E-state index contributed by atoms with van der Waals surface area (Å²) in [5.41, 5.74) is 0.629. The van der Waals surface area contributed by atoms with Gasteiger partial charge < -0.3 is 10.2 Å². The molecule has 0 amide bonds. The van der Waals surface area contributed by atoms with Gasteiger partial charge in [0.05, 0.1) is 0 Å². The van der Waals surface area contributed by atoms with E-state index in [2.05, 4.69) is 15.2 Å². The summed E-state index contributed by atoms with van der Waals surface area (Å²) >= 11 is 0. The Morgan fingerprint density at radius 3 is 2.62 bits per heavy atom. The van der Waals surface area contributed by atoms with Gasteiger partial charge in [0.25, 0.3) is 0 Å². The maximum atomic E-state index is 4.51. The number of nitrogens with one attached hydrogen (secondary N) is 1. The van der Waals surface area contributed by atoms with Crippen molar-refractivity contribution < 1.29 is 0 Å². The van der Waals surface area contributed by atoms with Crippen LogP contribution >= 0.6 is 24.0 Å². The first-order chi connectivity index (χ1) is 9.81. The number of nitrogens with zero attached hydrogens (tertiary/aromatic N) is 2. The normalized spacial score (nSPS) is 25.0. The molecule has 3 fully saturated rings. The van der Waals surface area contributed by atoms with E-state index < -0.39 is 0 Å². The molecule has 3 nitrogen and oxygen atoms in total. The Bertz CT molecular complexity index is 346. The predicted molar refractivity (Wildman–Crippen MR) is 100 cm³/mol. The molecule has 2 aliphatic carbocycles. The lowest BCUT2D eigenvalue weighted by molar-refractivity contribution is 0.203. The van der Waals surface area contributed by atoms with Gasteiger partial charge in [0, 0.05) is 26.7 Å². The molecule has 1 spiro atoms. The topological polar surface area (TPSA) is 27.6 Å². The molecule has 0 bridgehead atoms. The van der Waals surface area contributed by atoms with Crippen LogP contribution in [0.1, 0.15) is 64.2 Å². The first-order valence-corrected chi connectivity index (χ1v) is 8.77. The molecule has 0 aromatic carbocycles. The number of likely N-dealkylation sites (tertiary alicyclic amines) is 1. The second-order valence-electron chi connectivity index (χ2n) is 7.29. The molecule has 0 atom stereocenters. The van der Waals surface area contributed by atoms with E-state index in [1.807, 2.05) is 7.05 Å². The van der Waals surface area contributed by atoms with Gasteiger partial charge in [-0.3, -0.25) is 4.99 Å². The van der Waals surface area contributed by atoms with Crippen molar-refractivity contribution >= 4 is 29.9 Å². The number of halogens is 1. The quantitative estimate of drug-likeness (QED) is 0.331. The van der Waals surface area contributed by atoms with Crippen LogP contribution in [0.25, 0.3) is 0 Å². The van der Waals surface area contributed by atoms with Gasteiger partial charge in [-0.15, -0.1) is 24.0 Å². The third-order valence-electron chi connectivity index (χ3n) is 5.63. The highest BCUT2D eigenvalue weighted by atomic mass is 127. The van der Waals surface area contributed by atoms with Crippen LogP contribution in [0.5, 0.6) is 0 Å². The minimum atomic E-state index is 0. The van der Waals surface area contributed by atoms with Crippen molar-refractivity contribution in [2.45, 2.75) is 64.2 Å². The zero-order chi connectivity index (χ0) is 13.8. The summed E-state index contributed by atoms with van der Waals surface area (Å²) in [5.74, 6) is 2.21. The Balaban J connectivity index is 0.00000161. The minimum Gasteiger partial charge on any atom is -0.356 e. The summed E-state index contributed by atoms with van der Waals surface area (Å²) in [6, 6.07) is 0. The maximum absolute atomic E-state index is 4.51. The number of hydrogen-bond donors (Lipinski definition) is 1. The summed E-state index contributed by atoms with van der Waals surface area (Å²) in [5, 5.41) is 3.59. The van der Waals surface area contributed by atoms with E-state index in [1.165, 1.54) is 77.3 Å². The Morgan fingerprint density at radius 1 is 1.19 bits per heavy atom. The number of guanidine groups is 1. The van der Waals surface area contributed by atoms with Crippen LogP contribution in [-0.2, 0) is 0 Å². The van der Waals surface area contributed by atoms with E-state index in [-0.39, 0.29) is 24.0 Å². The van der Waals surface area contributed by atoms with Crippen molar-refractivity contribution in [1.82, 2.24) is 10.2 Å². The molecule has 1 heterocycles. The monoisotopic (exact) mass is 405 g/mol. The molecule has 1 aliphatic heterocycles. The van der Waals surface area contributed by atoms with Crippen molar-refractivity contribution in [3.8, 4) is 0 Å². The first-order valence-electron chi connectivity index (χ1n) is 8.77. The lowest BCUT2D eigenvalue weighted by Gasteiger charge is -2.33. The zero-order valence-corrected chi connectivity index (χ0v) is 15.9. The van der Waals surface area contributed by atoms with Gasteiger partial charge in [0.1, 0.15) is 0 Å². The van der Waals surface area contributed by atoms with Gasteiger partial charge in [-0.2, -0.15) is 0 Å². The molecule has 0 unspecified atom stereocenters. The summed E-state index contributed by atoms with van der Waals surface area (Å²) < 4.78 is 0. The summed E-state index contributed by atoms with van der Waals surface area (Å²) in [7, 11) is 1.94. The Morgan fingerprint density at radius 2 is 1.95 bits per heavy atom. The highest BCUT2D eigenvalue weighted by Crippen LogP contribution is 2.43. The summed E-state index contributed by atoms with van der Waals surface area (Å²) in [6.07, 6.45) is 14.3. The van der Waals surface area contributed by atoms with Crippen LogP contribution in [0, 0.1) is 11.3 Å². The van der Waals surface area contributed by atoms with Gasteiger partial charge in [-0.25, -0.2) is 0 Å². The van der Waals surface area contributed by atoms with Crippen molar-refractivity contribution in [2.24, 2.45) is 16.3 Å². The van der Waals surface area contributed by atoms with E-state index >= 15 is 0 Å².